The Bertz CT molecular complexity index is 1580. The van der Waals surface area contributed by atoms with Gasteiger partial charge in [-0.05, 0) is 89.8 Å². The molecule has 0 atom stereocenters. The van der Waals surface area contributed by atoms with Crippen molar-refractivity contribution in [3.8, 4) is 0 Å². The molecule has 0 aromatic heterocycles. The molecule has 0 saturated carbocycles. The van der Waals surface area contributed by atoms with Crippen molar-refractivity contribution in [2.45, 2.75) is 136 Å². The predicted molar refractivity (Wildman–Crippen MR) is 182 cm³/mol. The Kier molecular flexibility index (Phi) is 14.6. The van der Waals surface area contributed by atoms with Crippen LogP contribution in [0.2, 0.25) is 0 Å². The monoisotopic (exact) mass is 772 g/mol. The van der Waals surface area contributed by atoms with E-state index < -0.39 is 43.7 Å². The summed E-state index contributed by atoms with van der Waals surface area (Å²) >= 11 is 0. The fourth-order valence-corrected chi connectivity index (χ4v) is 11.5. The van der Waals surface area contributed by atoms with E-state index in [1.807, 2.05) is 32.9 Å². The van der Waals surface area contributed by atoms with E-state index in [4.69, 9.17) is 3.63 Å². The fourth-order valence-electron chi connectivity index (χ4n) is 5.83. The average molecular weight is 773 g/mol. The van der Waals surface area contributed by atoms with Crippen LogP contribution in [0.15, 0.2) is 87.5 Å². The number of hydrogen-bond donors (Lipinski definition) is 0. The molecule has 0 amide bonds. The minimum atomic E-state index is -7.45. The largest absolute Gasteiger partial charge is 0.460 e. The molecule has 286 valence electrons. The van der Waals surface area contributed by atoms with Crippen LogP contribution in [0.5, 0.6) is 0 Å². The zero-order valence-corrected chi connectivity index (χ0v) is 30.5. The van der Waals surface area contributed by atoms with Gasteiger partial charge in [0, 0.05) is 14.7 Å². The van der Waals surface area contributed by atoms with Gasteiger partial charge in [0.15, 0.2) is 0 Å². The van der Waals surface area contributed by atoms with Gasteiger partial charge in [-0.1, -0.05) is 108 Å². The molecule has 0 bridgehead atoms. The molecule has 0 aliphatic carbocycles. The van der Waals surface area contributed by atoms with Gasteiger partial charge in [-0.2, -0.15) is 47.9 Å². The van der Waals surface area contributed by atoms with E-state index in [0.717, 1.165) is 50.5 Å². The van der Waals surface area contributed by atoms with Crippen LogP contribution in [-0.2, 0) is 33.0 Å². The molecule has 51 heavy (non-hydrogen) atoms. The van der Waals surface area contributed by atoms with Crippen molar-refractivity contribution in [3.05, 3.63) is 89.5 Å². The molecule has 3 aromatic carbocycles. The van der Waals surface area contributed by atoms with Crippen LogP contribution in [0, 0.1) is 0 Å². The standard InChI is InChI=1S/C37H45F9O3S2/c1-4-7-12-19-28-26-29(20-13-8-5-2)33(30(27-28)21-14-9-6-3)50(31-22-15-10-16-23-31,32-24-17-11-18-25-32)49-51(47,48)37(45,46)35(40,41)34(38,39)36(42,43)44/h10-11,15-18,22-27H,4-9,12-14,19-21H2,1-3H3. The van der Waals surface area contributed by atoms with Crippen LogP contribution in [0.4, 0.5) is 39.5 Å². The van der Waals surface area contributed by atoms with Gasteiger partial charge in [0.1, 0.15) is 0 Å². The normalized spacial score (nSPS) is 13.8. The van der Waals surface area contributed by atoms with Crippen molar-refractivity contribution < 1.29 is 51.6 Å². The smallest absolute Gasteiger partial charge is 0.202 e. The minimum Gasteiger partial charge on any atom is -0.202 e. The third-order valence-electron chi connectivity index (χ3n) is 8.53. The Hall–Kier alpha value is -2.71. The molecule has 0 N–H and O–H groups in total. The van der Waals surface area contributed by atoms with Gasteiger partial charge in [-0.15, -0.1) is 0 Å². The maximum atomic E-state index is 15.6. The maximum Gasteiger partial charge on any atom is 0.460 e. The van der Waals surface area contributed by atoms with Crippen molar-refractivity contribution in [1.29, 1.82) is 0 Å². The molecular weight excluding hydrogens is 728 g/mol. The van der Waals surface area contributed by atoms with Gasteiger partial charge in [0.25, 0.3) is 0 Å². The summed E-state index contributed by atoms with van der Waals surface area (Å²) in [4.78, 5) is -0.000927. The van der Waals surface area contributed by atoms with E-state index in [1.165, 1.54) is 60.7 Å². The first-order valence-electron chi connectivity index (χ1n) is 17.1. The SMILES string of the molecule is CCCCCc1cc(CCCCC)c(S(OS(=O)(=O)C(F)(F)C(F)(F)C(F)(F)C(F)(F)F)(c2ccccc2)c2ccccc2)c(CCCCC)c1. The van der Waals surface area contributed by atoms with E-state index in [0.29, 0.717) is 43.2 Å². The number of alkyl halides is 9. The quantitative estimate of drug-likeness (QED) is 0.0848. The van der Waals surface area contributed by atoms with Gasteiger partial charge in [0.2, 0.25) is 0 Å². The Morgan fingerprint density at radius 3 is 1.31 bits per heavy atom. The van der Waals surface area contributed by atoms with E-state index in [9.17, 15) is 39.2 Å². The van der Waals surface area contributed by atoms with Gasteiger partial charge < -0.3 is 0 Å². The first-order chi connectivity index (χ1) is 23.9. The molecule has 3 nitrogen and oxygen atoms in total. The second-order valence-corrected chi connectivity index (χ2v) is 16.9. The zero-order chi connectivity index (χ0) is 38.1. The van der Waals surface area contributed by atoms with Crippen molar-refractivity contribution in [3.63, 3.8) is 0 Å². The number of benzene rings is 3. The van der Waals surface area contributed by atoms with Crippen molar-refractivity contribution in [1.82, 2.24) is 0 Å². The molecule has 0 aliphatic rings. The molecule has 0 radical (unpaired) electrons. The van der Waals surface area contributed by atoms with Crippen LogP contribution < -0.4 is 0 Å². The average Bonchev–Trinajstić information content (AvgIpc) is 3.08. The van der Waals surface area contributed by atoms with Gasteiger partial charge in [-0.3, -0.25) is 0 Å². The summed E-state index contributed by atoms with van der Waals surface area (Å²) in [5.41, 5.74) is 1.87. The molecule has 0 saturated heterocycles. The van der Waals surface area contributed by atoms with E-state index >= 15 is 8.78 Å². The number of hydrogen-bond acceptors (Lipinski definition) is 3. The van der Waals surface area contributed by atoms with Gasteiger partial charge in [0.05, 0.1) is 0 Å². The second kappa shape index (κ2) is 17.4. The molecular formula is C37H45F9O3S2. The third-order valence-corrected chi connectivity index (χ3v) is 13.9. The summed E-state index contributed by atoms with van der Waals surface area (Å²) in [6.07, 6.45) is 0.787. The predicted octanol–water partition coefficient (Wildman–Crippen LogP) is 12.9. The summed E-state index contributed by atoms with van der Waals surface area (Å²) in [6.45, 7) is 5.95. The Balaban J connectivity index is 2.54. The second-order valence-electron chi connectivity index (χ2n) is 12.5. The maximum absolute atomic E-state index is 15.6. The summed E-state index contributed by atoms with van der Waals surface area (Å²) < 4.78 is 161. The van der Waals surface area contributed by atoms with Crippen LogP contribution >= 0.6 is 10.3 Å². The Morgan fingerprint density at radius 2 is 0.941 bits per heavy atom. The molecule has 0 unspecified atom stereocenters. The van der Waals surface area contributed by atoms with Crippen LogP contribution in [-0.4, -0.2) is 31.7 Å². The van der Waals surface area contributed by atoms with Crippen LogP contribution in [0.1, 0.15) is 95.2 Å². The summed E-state index contributed by atoms with van der Waals surface area (Å²) in [7, 11) is -11.4. The highest BCUT2D eigenvalue weighted by Gasteiger charge is 2.86. The zero-order valence-electron chi connectivity index (χ0n) is 28.9. The number of halogens is 9. The number of rotatable bonds is 20. The minimum absolute atomic E-state index is 0.0614. The van der Waals surface area contributed by atoms with Gasteiger partial charge >= 0.3 is 33.4 Å². The molecule has 0 spiro atoms. The lowest BCUT2D eigenvalue weighted by molar-refractivity contribution is -0.382. The Morgan fingerprint density at radius 1 is 0.549 bits per heavy atom. The van der Waals surface area contributed by atoms with Gasteiger partial charge in [-0.25, -0.2) is 3.63 Å². The number of unbranched alkanes of at least 4 members (excludes halogenated alkanes) is 6. The fraction of sp³-hybridized carbons (Fsp3) is 0.514. The summed E-state index contributed by atoms with van der Waals surface area (Å²) in [5, 5.41) is -7.04. The third kappa shape index (κ3) is 8.92. The molecule has 0 heterocycles. The highest BCUT2D eigenvalue weighted by molar-refractivity contribution is 8.33. The lowest BCUT2D eigenvalue weighted by Gasteiger charge is -2.43. The topological polar surface area (TPSA) is 43.4 Å². The molecule has 0 fully saturated rings. The molecule has 3 rings (SSSR count). The highest BCUT2D eigenvalue weighted by atomic mass is 32.3. The lowest BCUT2D eigenvalue weighted by Crippen LogP contribution is -2.63. The van der Waals surface area contributed by atoms with Crippen molar-refractivity contribution >= 4 is 20.4 Å². The first-order valence-corrected chi connectivity index (χ1v) is 20.1. The molecule has 3 aromatic rings. The van der Waals surface area contributed by atoms with E-state index in [-0.39, 0.29) is 14.7 Å². The van der Waals surface area contributed by atoms with Crippen LogP contribution in [0.3, 0.4) is 0 Å². The summed E-state index contributed by atoms with van der Waals surface area (Å²) in [5.74, 6) is -14.9. The first kappa shape index (κ1) is 42.7. The van der Waals surface area contributed by atoms with E-state index in [1.54, 1.807) is 0 Å². The van der Waals surface area contributed by atoms with Crippen LogP contribution in [0.25, 0.3) is 0 Å². The number of aryl methyl sites for hydroxylation is 3. The molecule has 14 heteroatoms. The van der Waals surface area contributed by atoms with Crippen molar-refractivity contribution in [2.75, 3.05) is 0 Å². The van der Waals surface area contributed by atoms with Crippen molar-refractivity contribution in [2.24, 2.45) is 0 Å². The molecule has 0 aliphatic heterocycles. The summed E-state index contributed by atoms with van der Waals surface area (Å²) in [6, 6.07) is 17.8. The lowest BCUT2D eigenvalue weighted by atomic mass is 9.95. The highest BCUT2D eigenvalue weighted by Crippen LogP contribution is 2.73. The van der Waals surface area contributed by atoms with E-state index in [2.05, 4.69) is 0 Å². The Labute approximate surface area is 296 Å².